The van der Waals surface area contributed by atoms with Crippen molar-refractivity contribution in [1.82, 2.24) is 0 Å². The fourth-order valence-electron chi connectivity index (χ4n) is 0.765. The first-order valence-electron chi connectivity index (χ1n) is 4.61. The molecule has 0 heterocycles. The molecule has 0 aliphatic carbocycles. The van der Waals surface area contributed by atoms with Gasteiger partial charge >= 0.3 is 0 Å². The first kappa shape index (κ1) is 12.0. The predicted molar refractivity (Wildman–Crippen MR) is 56.4 cm³/mol. The number of rotatable bonds is 4. The average Bonchev–Trinajstić information content (AvgIpc) is 1.95. The van der Waals surface area contributed by atoms with E-state index >= 15 is 0 Å². The number of thioether (sulfide) groups is 1. The molecular weight excluding hydrogens is 168 g/mol. The summed E-state index contributed by atoms with van der Waals surface area (Å²) < 4.78 is 0. The molecule has 0 aromatic carbocycles. The van der Waals surface area contributed by atoms with E-state index in [2.05, 4.69) is 27.7 Å². The number of carbonyl (C=O) groups excluding carboxylic acids is 1. The van der Waals surface area contributed by atoms with Crippen LogP contribution in [0.25, 0.3) is 0 Å². The highest BCUT2D eigenvalue weighted by Crippen LogP contribution is 2.22. The molecule has 0 fully saturated rings. The van der Waals surface area contributed by atoms with Gasteiger partial charge in [-0.05, 0) is 18.3 Å². The van der Waals surface area contributed by atoms with Crippen molar-refractivity contribution in [3.05, 3.63) is 0 Å². The third-order valence-electron chi connectivity index (χ3n) is 1.55. The summed E-state index contributed by atoms with van der Waals surface area (Å²) in [4.78, 5) is 11.2. The van der Waals surface area contributed by atoms with Crippen LogP contribution in [0.15, 0.2) is 0 Å². The van der Waals surface area contributed by atoms with E-state index in [9.17, 15) is 4.79 Å². The molecule has 0 atom stereocenters. The van der Waals surface area contributed by atoms with Crippen LogP contribution in [0.5, 0.6) is 0 Å². The van der Waals surface area contributed by atoms with E-state index in [-0.39, 0.29) is 0 Å². The summed E-state index contributed by atoms with van der Waals surface area (Å²) in [5, 5.41) is 0.353. The van der Waals surface area contributed by atoms with Crippen LogP contribution in [0.2, 0.25) is 0 Å². The molecule has 0 spiro atoms. The van der Waals surface area contributed by atoms with Gasteiger partial charge in [0, 0.05) is 12.2 Å². The first-order valence-corrected chi connectivity index (χ1v) is 5.60. The van der Waals surface area contributed by atoms with Crippen LogP contribution in [0, 0.1) is 5.41 Å². The zero-order valence-corrected chi connectivity index (χ0v) is 9.46. The quantitative estimate of drug-likeness (QED) is 0.672. The number of hydrogen-bond acceptors (Lipinski definition) is 2. The molecule has 0 bridgehead atoms. The van der Waals surface area contributed by atoms with Gasteiger partial charge in [0.25, 0.3) is 0 Å². The summed E-state index contributed by atoms with van der Waals surface area (Å²) in [6, 6.07) is 0. The fraction of sp³-hybridized carbons (Fsp3) is 0.900. The van der Waals surface area contributed by atoms with E-state index in [1.165, 1.54) is 11.8 Å². The monoisotopic (exact) mass is 188 g/mol. The van der Waals surface area contributed by atoms with E-state index < -0.39 is 0 Å². The van der Waals surface area contributed by atoms with Crippen LogP contribution < -0.4 is 0 Å². The van der Waals surface area contributed by atoms with Crippen LogP contribution in [0.1, 0.15) is 47.0 Å². The Morgan fingerprint density at radius 1 is 1.33 bits per heavy atom. The molecule has 0 aromatic rings. The van der Waals surface area contributed by atoms with Gasteiger partial charge in [-0.3, -0.25) is 4.79 Å². The van der Waals surface area contributed by atoms with Crippen LogP contribution >= 0.6 is 11.8 Å². The minimum atomic E-state index is 0.294. The van der Waals surface area contributed by atoms with Gasteiger partial charge in [-0.2, -0.15) is 0 Å². The van der Waals surface area contributed by atoms with Gasteiger partial charge in [0.15, 0.2) is 5.12 Å². The second-order valence-electron chi connectivity index (χ2n) is 4.28. The van der Waals surface area contributed by atoms with Gasteiger partial charge in [-0.25, -0.2) is 0 Å². The summed E-state index contributed by atoms with van der Waals surface area (Å²) in [6.07, 6.45) is 2.82. The van der Waals surface area contributed by atoms with Crippen molar-refractivity contribution in [3.63, 3.8) is 0 Å². The minimum absolute atomic E-state index is 0.294. The molecule has 0 rings (SSSR count). The van der Waals surface area contributed by atoms with Gasteiger partial charge in [-0.1, -0.05) is 39.5 Å². The summed E-state index contributed by atoms with van der Waals surface area (Å²) in [5.74, 6) is 0.975. The maximum Gasteiger partial charge on any atom is 0.188 e. The van der Waals surface area contributed by atoms with Crippen molar-refractivity contribution in [2.45, 2.75) is 47.0 Å². The molecule has 0 amide bonds. The summed E-state index contributed by atoms with van der Waals surface area (Å²) in [5.41, 5.74) is 0.294. The van der Waals surface area contributed by atoms with Crippen molar-refractivity contribution in [3.8, 4) is 0 Å². The fourth-order valence-corrected chi connectivity index (χ4v) is 1.44. The van der Waals surface area contributed by atoms with Crippen LogP contribution in [-0.4, -0.2) is 10.9 Å². The van der Waals surface area contributed by atoms with Gasteiger partial charge in [0.2, 0.25) is 0 Å². The highest BCUT2D eigenvalue weighted by Gasteiger charge is 2.12. The Morgan fingerprint density at radius 3 is 2.33 bits per heavy atom. The summed E-state index contributed by atoms with van der Waals surface area (Å²) in [7, 11) is 0. The third-order valence-corrected chi connectivity index (χ3v) is 2.68. The molecule has 0 aromatic heterocycles. The molecule has 0 unspecified atom stereocenters. The van der Waals surface area contributed by atoms with Crippen molar-refractivity contribution in [1.29, 1.82) is 0 Å². The molecule has 0 aliphatic heterocycles. The Kier molecular flexibility index (Phi) is 5.64. The molecule has 0 saturated carbocycles. The molecule has 1 nitrogen and oxygen atoms in total. The van der Waals surface area contributed by atoms with Crippen molar-refractivity contribution in [2.75, 3.05) is 5.75 Å². The second kappa shape index (κ2) is 5.63. The van der Waals surface area contributed by atoms with Gasteiger partial charge in [0.05, 0.1) is 0 Å². The highest BCUT2D eigenvalue weighted by atomic mass is 32.2. The largest absolute Gasteiger partial charge is 0.287 e. The van der Waals surface area contributed by atoms with Crippen molar-refractivity contribution < 1.29 is 4.79 Å². The topological polar surface area (TPSA) is 17.1 Å². The number of carbonyl (C=O) groups is 1. The van der Waals surface area contributed by atoms with Crippen LogP contribution in [0.4, 0.5) is 0 Å². The Bertz CT molecular complexity index is 135. The molecule has 2 heteroatoms. The molecular formula is C10H20OS. The van der Waals surface area contributed by atoms with E-state index in [0.29, 0.717) is 10.5 Å². The molecule has 12 heavy (non-hydrogen) atoms. The Morgan fingerprint density at radius 2 is 1.92 bits per heavy atom. The van der Waals surface area contributed by atoms with Gasteiger partial charge in [0.1, 0.15) is 0 Å². The molecule has 0 aliphatic rings. The van der Waals surface area contributed by atoms with Gasteiger partial charge < -0.3 is 0 Å². The second-order valence-corrected chi connectivity index (χ2v) is 5.43. The lowest BCUT2D eigenvalue weighted by molar-refractivity contribution is -0.111. The normalized spacial score (nSPS) is 11.7. The van der Waals surface area contributed by atoms with Gasteiger partial charge in [-0.15, -0.1) is 0 Å². The van der Waals surface area contributed by atoms with Crippen LogP contribution in [0.3, 0.4) is 0 Å². The summed E-state index contributed by atoms with van der Waals surface area (Å²) in [6.45, 7) is 8.62. The predicted octanol–water partition coefficient (Wildman–Crippen LogP) is 3.48. The zero-order chi connectivity index (χ0) is 9.61. The van der Waals surface area contributed by atoms with E-state index in [4.69, 9.17) is 0 Å². The Balaban J connectivity index is 3.44. The molecule has 0 N–H and O–H groups in total. The first-order chi connectivity index (χ1) is 5.45. The maximum absolute atomic E-state index is 11.2. The molecule has 72 valence electrons. The molecule has 0 radical (unpaired) electrons. The lowest BCUT2D eigenvalue weighted by Crippen LogP contribution is -2.07. The van der Waals surface area contributed by atoms with Crippen molar-refractivity contribution in [2.24, 2.45) is 5.41 Å². The SMILES string of the molecule is CCCSC(=O)CCC(C)(C)C. The summed E-state index contributed by atoms with van der Waals surface area (Å²) >= 11 is 1.48. The van der Waals surface area contributed by atoms with E-state index in [1.807, 2.05) is 0 Å². The lowest BCUT2D eigenvalue weighted by Gasteiger charge is -2.16. The molecule has 0 saturated heterocycles. The van der Waals surface area contributed by atoms with Crippen molar-refractivity contribution >= 4 is 16.9 Å². The van der Waals surface area contributed by atoms with E-state index in [0.717, 1.165) is 25.0 Å². The lowest BCUT2D eigenvalue weighted by atomic mass is 9.91. The van der Waals surface area contributed by atoms with Crippen LogP contribution in [-0.2, 0) is 4.79 Å². The minimum Gasteiger partial charge on any atom is -0.287 e. The maximum atomic E-state index is 11.2. The zero-order valence-electron chi connectivity index (χ0n) is 8.64. The van der Waals surface area contributed by atoms with E-state index in [1.54, 1.807) is 0 Å². The standard InChI is InChI=1S/C10H20OS/c1-5-8-12-9(11)6-7-10(2,3)4/h5-8H2,1-4H3. The smallest absolute Gasteiger partial charge is 0.188 e. The third kappa shape index (κ3) is 8.12. The Hall–Kier alpha value is 0.0200. The Labute approximate surface area is 80.3 Å². The highest BCUT2D eigenvalue weighted by molar-refractivity contribution is 8.13. The number of hydrogen-bond donors (Lipinski definition) is 0. The average molecular weight is 188 g/mol.